The van der Waals surface area contributed by atoms with Gasteiger partial charge in [-0.2, -0.15) is 0 Å². The van der Waals surface area contributed by atoms with E-state index >= 15 is 0 Å². The summed E-state index contributed by atoms with van der Waals surface area (Å²) in [6, 6.07) is 0. The molecule has 0 radical (unpaired) electrons. The molecule has 14 heavy (non-hydrogen) atoms. The molecule has 84 valence electrons. The second-order valence-corrected chi connectivity index (χ2v) is 3.91. The maximum absolute atomic E-state index is 11.1. The van der Waals surface area contributed by atoms with Gasteiger partial charge in [0.05, 0.1) is 33.3 Å². The van der Waals surface area contributed by atoms with Gasteiger partial charge in [-0.05, 0) is 6.42 Å². The van der Waals surface area contributed by atoms with Gasteiger partial charge in [-0.1, -0.05) is 13.5 Å². The van der Waals surface area contributed by atoms with E-state index in [4.69, 9.17) is 0 Å². The molecule has 0 heterocycles. The van der Waals surface area contributed by atoms with E-state index < -0.39 is 0 Å². The van der Waals surface area contributed by atoms with Crippen LogP contribution in [0.5, 0.6) is 0 Å². The number of ether oxygens (including phenoxy) is 1. The van der Waals surface area contributed by atoms with Gasteiger partial charge in [-0.3, -0.25) is 0 Å². The highest BCUT2D eigenvalue weighted by molar-refractivity contribution is 5.87. The second-order valence-electron chi connectivity index (χ2n) is 3.91. The van der Waals surface area contributed by atoms with Gasteiger partial charge in [-0.25, -0.2) is 4.79 Å². The highest BCUT2D eigenvalue weighted by Crippen LogP contribution is 2.05. The zero-order chi connectivity index (χ0) is 10.5. The number of hydrogen-bond donors (Lipinski definition) is 0. The molecule has 0 rings (SSSR count). The SMILES string of the molecule is C=C(C[N+](C)(C)CCC)C(=O)OC.[Br-]. The molecule has 0 bridgehead atoms. The second kappa shape index (κ2) is 7.01. The molecule has 0 saturated carbocycles. The molecular formula is C10H20BrNO2. The standard InChI is InChI=1S/C10H20NO2.BrH/c1-6-7-11(3,4)8-9(2)10(12)13-5;/h2,6-8H2,1,3-5H3;1H/q+1;/p-1. The quantitative estimate of drug-likeness (QED) is 0.334. The zero-order valence-corrected chi connectivity index (χ0v) is 11.1. The van der Waals surface area contributed by atoms with Gasteiger partial charge in [0, 0.05) is 0 Å². The number of likely N-dealkylation sites (N-methyl/N-ethyl adjacent to an activating group) is 1. The fourth-order valence-electron chi connectivity index (χ4n) is 1.41. The molecule has 0 saturated heterocycles. The number of carbonyl (C=O) groups is 1. The Hall–Kier alpha value is -0.350. The van der Waals surface area contributed by atoms with E-state index in [0.717, 1.165) is 17.4 Å². The van der Waals surface area contributed by atoms with Crippen molar-refractivity contribution < 1.29 is 31.0 Å². The summed E-state index contributed by atoms with van der Waals surface area (Å²) in [6.45, 7) is 7.52. The first kappa shape index (κ1) is 16.1. The molecule has 0 unspecified atom stereocenters. The van der Waals surface area contributed by atoms with Crippen molar-refractivity contribution in [1.29, 1.82) is 0 Å². The van der Waals surface area contributed by atoms with Crippen molar-refractivity contribution in [2.75, 3.05) is 34.3 Å². The molecule has 0 spiro atoms. The third-order valence-corrected chi connectivity index (χ3v) is 1.92. The summed E-state index contributed by atoms with van der Waals surface area (Å²) < 4.78 is 5.37. The van der Waals surface area contributed by atoms with Gasteiger partial charge in [0.1, 0.15) is 6.54 Å². The summed E-state index contributed by atoms with van der Waals surface area (Å²) in [6.07, 6.45) is 1.10. The molecule has 0 aliphatic heterocycles. The van der Waals surface area contributed by atoms with E-state index in [-0.39, 0.29) is 23.0 Å². The van der Waals surface area contributed by atoms with Crippen LogP contribution >= 0.6 is 0 Å². The molecule has 0 aromatic heterocycles. The molecular weight excluding hydrogens is 246 g/mol. The molecule has 0 fully saturated rings. The molecule has 0 amide bonds. The van der Waals surface area contributed by atoms with Crippen LogP contribution in [0.1, 0.15) is 13.3 Å². The molecule has 4 heteroatoms. The van der Waals surface area contributed by atoms with Crippen molar-refractivity contribution in [3.8, 4) is 0 Å². The summed E-state index contributed by atoms with van der Waals surface area (Å²) >= 11 is 0. The maximum atomic E-state index is 11.1. The lowest BCUT2D eigenvalue weighted by molar-refractivity contribution is -0.885. The molecule has 0 aromatic carbocycles. The van der Waals surface area contributed by atoms with Crippen LogP contribution in [0.2, 0.25) is 0 Å². The molecule has 0 aliphatic carbocycles. The molecule has 0 aliphatic rings. The average Bonchev–Trinajstić information content (AvgIpc) is 2.01. The van der Waals surface area contributed by atoms with Crippen LogP contribution in [-0.2, 0) is 9.53 Å². The first-order chi connectivity index (χ1) is 5.93. The summed E-state index contributed by atoms with van der Waals surface area (Å²) in [5.74, 6) is -0.303. The Labute approximate surface area is 97.1 Å². The Bertz CT molecular complexity index is 202. The molecule has 0 aromatic rings. The monoisotopic (exact) mass is 265 g/mol. The first-order valence-corrected chi connectivity index (χ1v) is 4.51. The minimum absolute atomic E-state index is 0. The number of quaternary nitrogens is 1. The number of methoxy groups -OCH3 is 1. The zero-order valence-electron chi connectivity index (χ0n) is 9.47. The number of rotatable bonds is 5. The van der Waals surface area contributed by atoms with Gasteiger partial charge in [0.25, 0.3) is 0 Å². The summed E-state index contributed by atoms with van der Waals surface area (Å²) in [5, 5.41) is 0. The van der Waals surface area contributed by atoms with Crippen molar-refractivity contribution in [2.24, 2.45) is 0 Å². The lowest BCUT2D eigenvalue weighted by atomic mass is 10.2. The third kappa shape index (κ3) is 6.16. The van der Waals surface area contributed by atoms with Crippen LogP contribution in [-0.4, -0.2) is 44.7 Å². The third-order valence-electron chi connectivity index (χ3n) is 1.92. The van der Waals surface area contributed by atoms with E-state index in [1.807, 2.05) is 0 Å². The van der Waals surface area contributed by atoms with Gasteiger partial charge < -0.3 is 26.2 Å². The van der Waals surface area contributed by atoms with E-state index in [9.17, 15) is 4.79 Å². The number of esters is 1. The predicted octanol–water partition coefficient (Wildman–Crippen LogP) is -1.79. The van der Waals surface area contributed by atoms with Crippen LogP contribution in [0.4, 0.5) is 0 Å². The number of nitrogens with zero attached hydrogens (tertiary/aromatic N) is 1. The van der Waals surface area contributed by atoms with E-state index in [1.165, 1.54) is 7.11 Å². The van der Waals surface area contributed by atoms with E-state index in [0.29, 0.717) is 12.1 Å². The molecule has 0 N–H and O–H groups in total. The fraction of sp³-hybridized carbons (Fsp3) is 0.700. The highest BCUT2D eigenvalue weighted by atomic mass is 79.9. The van der Waals surface area contributed by atoms with E-state index in [2.05, 4.69) is 32.3 Å². The summed E-state index contributed by atoms with van der Waals surface area (Å²) in [5.41, 5.74) is 0.543. The minimum atomic E-state index is -0.303. The first-order valence-electron chi connectivity index (χ1n) is 4.51. The lowest BCUT2D eigenvalue weighted by Crippen LogP contribution is -3.00. The van der Waals surface area contributed by atoms with Crippen LogP contribution in [0, 0.1) is 0 Å². The number of hydrogen-bond acceptors (Lipinski definition) is 2. The minimum Gasteiger partial charge on any atom is -1.00 e. The predicted molar refractivity (Wildman–Crippen MR) is 53.3 cm³/mol. The molecule has 0 atom stereocenters. The lowest BCUT2D eigenvalue weighted by Gasteiger charge is -2.29. The summed E-state index contributed by atoms with van der Waals surface area (Å²) in [7, 11) is 5.54. The van der Waals surface area contributed by atoms with Crippen LogP contribution in [0.25, 0.3) is 0 Å². The summed E-state index contributed by atoms with van der Waals surface area (Å²) in [4.78, 5) is 11.1. The highest BCUT2D eigenvalue weighted by Gasteiger charge is 2.19. The van der Waals surface area contributed by atoms with Gasteiger partial charge >= 0.3 is 5.97 Å². The normalized spacial score (nSPS) is 10.3. The van der Waals surface area contributed by atoms with Crippen molar-refractivity contribution in [3.63, 3.8) is 0 Å². The number of carbonyl (C=O) groups excluding carboxylic acids is 1. The van der Waals surface area contributed by atoms with Crippen molar-refractivity contribution >= 4 is 5.97 Å². The Morgan fingerprint density at radius 1 is 1.43 bits per heavy atom. The van der Waals surface area contributed by atoms with Gasteiger partial charge in [0.2, 0.25) is 0 Å². The smallest absolute Gasteiger partial charge is 0.338 e. The van der Waals surface area contributed by atoms with Crippen LogP contribution in [0.15, 0.2) is 12.2 Å². The van der Waals surface area contributed by atoms with Gasteiger partial charge in [0.15, 0.2) is 0 Å². The topological polar surface area (TPSA) is 26.3 Å². The molecule has 3 nitrogen and oxygen atoms in total. The van der Waals surface area contributed by atoms with Crippen molar-refractivity contribution in [1.82, 2.24) is 0 Å². The van der Waals surface area contributed by atoms with Crippen molar-refractivity contribution in [2.45, 2.75) is 13.3 Å². The number of halogens is 1. The van der Waals surface area contributed by atoms with Crippen LogP contribution < -0.4 is 17.0 Å². The van der Waals surface area contributed by atoms with Gasteiger partial charge in [-0.15, -0.1) is 0 Å². The van der Waals surface area contributed by atoms with Crippen LogP contribution in [0.3, 0.4) is 0 Å². The average molecular weight is 266 g/mol. The van der Waals surface area contributed by atoms with E-state index in [1.54, 1.807) is 0 Å². The Morgan fingerprint density at radius 3 is 2.29 bits per heavy atom. The maximum Gasteiger partial charge on any atom is 0.338 e. The fourth-order valence-corrected chi connectivity index (χ4v) is 1.41. The Kier molecular flexibility index (Phi) is 8.06. The largest absolute Gasteiger partial charge is 1.00 e. The van der Waals surface area contributed by atoms with Crippen molar-refractivity contribution in [3.05, 3.63) is 12.2 Å². The Balaban J connectivity index is 0. The Morgan fingerprint density at radius 2 is 1.93 bits per heavy atom.